The highest BCUT2D eigenvalue weighted by Gasteiger charge is 2.13. The highest BCUT2D eigenvalue weighted by Crippen LogP contribution is 2.32. The Morgan fingerprint density at radius 1 is 1.27 bits per heavy atom. The lowest BCUT2D eigenvalue weighted by Gasteiger charge is -2.16. The zero-order valence-electron chi connectivity index (χ0n) is 12.6. The topological polar surface area (TPSA) is 82.3 Å². The van der Waals surface area contributed by atoms with Gasteiger partial charge in [-0.25, -0.2) is 0 Å². The van der Waals surface area contributed by atoms with E-state index < -0.39 is 0 Å². The Bertz CT molecular complexity index is 767. The van der Waals surface area contributed by atoms with Crippen LogP contribution in [0.5, 0.6) is 11.5 Å². The van der Waals surface area contributed by atoms with Crippen molar-refractivity contribution in [3.63, 3.8) is 0 Å². The molecule has 0 saturated carbocycles. The summed E-state index contributed by atoms with van der Waals surface area (Å²) in [6.45, 7) is 1.15. The summed E-state index contributed by atoms with van der Waals surface area (Å²) >= 11 is 5.28. The first-order valence-electron chi connectivity index (χ1n) is 6.87. The Kier molecular flexibility index (Phi) is 5.35. The first-order chi connectivity index (χ1) is 10.6. The second-order valence-electron chi connectivity index (χ2n) is 4.68. The molecule has 0 radical (unpaired) electrons. The maximum absolute atomic E-state index is 11.8. The molecule has 118 valence electrons. The normalized spacial score (nSPS) is 10.5. The van der Waals surface area contributed by atoms with E-state index in [2.05, 4.69) is 4.98 Å². The van der Waals surface area contributed by atoms with Crippen LogP contribution in [-0.2, 0) is 6.54 Å². The largest absolute Gasteiger partial charge is 0.497 e. The maximum atomic E-state index is 11.8. The highest BCUT2D eigenvalue weighted by atomic mass is 32.1. The van der Waals surface area contributed by atoms with Crippen LogP contribution >= 0.6 is 12.2 Å². The predicted molar refractivity (Wildman–Crippen MR) is 88.1 cm³/mol. The third-order valence-corrected chi connectivity index (χ3v) is 3.62. The van der Waals surface area contributed by atoms with Crippen LogP contribution in [0, 0.1) is 4.77 Å². The van der Waals surface area contributed by atoms with Crippen LogP contribution in [0.1, 0.15) is 6.42 Å². The van der Waals surface area contributed by atoms with E-state index in [4.69, 9.17) is 27.4 Å². The highest BCUT2D eigenvalue weighted by molar-refractivity contribution is 7.71. The average molecular weight is 321 g/mol. The zero-order chi connectivity index (χ0) is 16.1. The number of methoxy groups -OCH3 is 2. The molecule has 0 bridgehead atoms. The van der Waals surface area contributed by atoms with Crippen LogP contribution in [0.3, 0.4) is 0 Å². The lowest BCUT2D eigenvalue weighted by atomic mass is 10.1. The fourth-order valence-corrected chi connectivity index (χ4v) is 2.52. The summed E-state index contributed by atoms with van der Waals surface area (Å²) in [7, 11) is 3.17. The molecule has 2 aromatic rings. The Labute approximate surface area is 133 Å². The molecule has 0 amide bonds. The van der Waals surface area contributed by atoms with Crippen molar-refractivity contribution in [3.05, 3.63) is 39.4 Å². The molecule has 0 saturated heterocycles. The molecule has 0 unspecified atom stereocenters. The van der Waals surface area contributed by atoms with Crippen molar-refractivity contribution in [1.82, 2.24) is 9.55 Å². The molecule has 0 aliphatic rings. The molecule has 0 aliphatic carbocycles. The van der Waals surface area contributed by atoms with Crippen molar-refractivity contribution in [2.24, 2.45) is 5.73 Å². The molecular formula is C15H19N3O3S. The molecule has 0 spiro atoms. The smallest absolute Gasteiger partial charge is 0.252 e. The molecule has 1 aromatic heterocycles. The lowest BCUT2D eigenvalue weighted by molar-refractivity contribution is 0.404. The first kappa shape index (κ1) is 16.3. The van der Waals surface area contributed by atoms with Crippen molar-refractivity contribution >= 4 is 12.2 Å². The van der Waals surface area contributed by atoms with Gasteiger partial charge in [0.15, 0.2) is 4.77 Å². The second-order valence-corrected chi connectivity index (χ2v) is 5.07. The number of nitrogens with zero attached hydrogens (tertiary/aromatic N) is 1. The predicted octanol–water partition coefficient (Wildman–Crippen LogP) is 1.94. The monoisotopic (exact) mass is 321 g/mol. The second kappa shape index (κ2) is 7.24. The Hall–Kier alpha value is -2.12. The Morgan fingerprint density at radius 2 is 2.05 bits per heavy atom. The summed E-state index contributed by atoms with van der Waals surface area (Å²) < 4.78 is 12.9. The summed E-state index contributed by atoms with van der Waals surface area (Å²) in [6.07, 6.45) is 0.750. The summed E-state index contributed by atoms with van der Waals surface area (Å²) in [5.41, 5.74) is 6.75. The van der Waals surface area contributed by atoms with E-state index in [0.717, 1.165) is 12.0 Å². The molecule has 7 heteroatoms. The Balaban J connectivity index is 2.70. The third-order valence-electron chi connectivity index (χ3n) is 3.30. The van der Waals surface area contributed by atoms with Crippen molar-refractivity contribution in [1.29, 1.82) is 0 Å². The van der Waals surface area contributed by atoms with E-state index in [1.807, 2.05) is 10.6 Å². The van der Waals surface area contributed by atoms with Gasteiger partial charge in [0, 0.05) is 18.2 Å². The minimum absolute atomic E-state index is 0.256. The van der Waals surface area contributed by atoms with E-state index in [0.29, 0.717) is 35.1 Å². The molecule has 1 heterocycles. The van der Waals surface area contributed by atoms with Crippen LogP contribution in [0.4, 0.5) is 0 Å². The van der Waals surface area contributed by atoms with Gasteiger partial charge < -0.3 is 19.8 Å². The molecular weight excluding hydrogens is 302 g/mol. The van der Waals surface area contributed by atoms with Crippen molar-refractivity contribution in [2.75, 3.05) is 20.8 Å². The minimum atomic E-state index is -0.256. The lowest BCUT2D eigenvalue weighted by Crippen LogP contribution is -2.16. The number of aromatic nitrogens is 2. The molecule has 3 N–H and O–H groups in total. The fraction of sp³-hybridized carbons (Fsp3) is 0.333. The number of H-pyrrole nitrogens is 1. The third kappa shape index (κ3) is 3.37. The van der Waals surface area contributed by atoms with Gasteiger partial charge in [-0.05, 0) is 43.4 Å². The molecule has 0 fully saturated rings. The summed E-state index contributed by atoms with van der Waals surface area (Å²) in [5.74, 6) is 1.31. The first-order valence-corrected chi connectivity index (χ1v) is 7.28. The molecule has 0 atom stereocenters. The van der Waals surface area contributed by atoms with Gasteiger partial charge in [-0.1, -0.05) is 0 Å². The molecule has 22 heavy (non-hydrogen) atoms. The van der Waals surface area contributed by atoms with Gasteiger partial charge in [0.1, 0.15) is 11.5 Å². The number of nitrogens with one attached hydrogen (secondary N) is 1. The number of hydrogen-bond donors (Lipinski definition) is 2. The van der Waals surface area contributed by atoms with Gasteiger partial charge in [0.05, 0.1) is 19.9 Å². The number of ether oxygens (including phenoxy) is 2. The average Bonchev–Trinajstić information content (AvgIpc) is 2.52. The van der Waals surface area contributed by atoms with Gasteiger partial charge in [-0.15, -0.1) is 0 Å². The van der Waals surface area contributed by atoms with E-state index in [1.54, 1.807) is 26.4 Å². The van der Waals surface area contributed by atoms with Crippen LogP contribution in [0.25, 0.3) is 11.3 Å². The quantitative estimate of drug-likeness (QED) is 0.795. The van der Waals surface area contributed by atoms with Gasteiger partial charge in [0.25, 0.3) is 5.56 Å². The summed E-state index contributed by atoms with van der Waals surface area (Å²) in [5, 5.41) is 0. The van der Waals surface area contributed by atoms with E-state index in [-0.39, 0.29) is 5.56 Å². The van der Waals surface area contributed by atoms with Gasteiger partial charge in [-0.2, -0.15) is 0 Å². The van der Waals surface area contributed by atoms with E-state index in [9.17, 15) is 4.79 Å². The van der Waals surface area contributed by atoms with Gasteiger partial charge in [-0.3, -0.25) is 9.78 Å². The molecule has 1 aromatic carbocycles. The van der Waals surface area contributed by atoms with E-state index in [1.165, 1.54) is 6.07 Å². The zero-order valence-corrected chi connectivity index (χ0v) is 13.4. The van der Waals surface area contributed by atoms with Crippen LogP contribution < -0.4 is 20.8 Å². The molecule has 0 aliphatic heterocycles. The van der Waals surface area contributed by atoms with Crippen molar-refractivity contribution < 1.29 is 9.47 Å². The number of aromatic amines is 1. The number of benzene rings is 1. The van der Waals surface area contributed by atoms with Crippen LogP contribution in [0.15, 0.2) is 29.1 Å². The van der Waals surface area contributed by atoms with Crippen molar-refractivity contribution in [3.8, 4) is 22.8 Å². The summed E-state index contributed by atoms with van der Waals surface area (Å²) in [4.78, 5) is 14.5. The van der Waals surface area contributed by atoms with Gasteiger partial charge >= 0.3 is 0 Å². The van der Waals surface area contributed by atoms with E-state index >= 15 is 0 Å². The maximum Gasteiger partial charge on any atom is 0.252 e. The summed E-state index contributed by atoms with van der Waals surface area (Å²) in [6, 6.07) is 6.92. The molecule has 6 nitrogen and oxygen atoms in total. The van der Waals surface area contributed by atoms with Crippen LogP contribution in [0.2, 0.25) is 0 Å². The fourth-order valence-electron chi connectivity index (χ4n) is 2.23. The van der Waals surface area contributed by atoms with Crippen molar-refractivity contribution in [2.45, 2.75) is 13.0 Å². The van der Waals surface area contributed by atoms with Crippen LogP contribution in [-0.4, -0.2) is 30.3 Å². The SMILES string of the molecule is COc1ccc(OC)c(-c2cc(=O)[nH]c(=S)n2CCCN)c1. The number of hydrogen-bond acceptors (Lipinski definition) is 5. The van der Waals surface area contributed by atoms with Gasteiger partial charge in [0.2, 0.25) is 0 Å². The minimum Gasteiger partial charge on any atom is -0.497 e. The number of nitrogens with two attached hydrogens (primary N) is 1. The Morgan fingerprint density at radius 3 is 2.68 bits per heavy atom. The standard InChI is InChI=1S/C15H19N3O3S/c1-20-10-4-5-13(21-2)11(8-10)12-9-14(19)17-15(22)18(12)7-3-6-16/h4-5,8-9H,3,6-7,16H2,1-2H3,(H,17,19,22). The number of rotatable bonds is 6. The molecule has 2 rings (SSSR count).